The van der Waals surface area contributed by atoms with Crippen molar-refractivity contribution in [3.63, 3.8) is 0 Å². The fourth-order valence-electron chi connectivity index (χ4n) is 4.47. The van der Waals surface area contributed by atoms with Gasteiger partial charge in [0.15, 0.2) is 5.60 Å². The molecule has 2 heterocycles. The fourth-order valence-corrected chi connectivity index (χ4v) is 4.47. The van der Waals surface area contributed by atoms with E-state index in [1.54, 1.807) is 32.5 Å². The van der Waals surface area contributed by atoms with Crippen LogP contribution in [0.3, 0.4) is 0 Å². The Balaban J connectivity index is 1.58. The molecule has 10 nitrogen and oxygen atoms in total. The summed E-state index contributed by atoms with van der Waals surface area (Å²) in [7, 11) is 0. The topological polar surface area (TPSA) is 108 Å². The van der Waals surface area contributed by atoms with E-state index < -0.39 is 11.6 Å². The lowest BCUT2D eigenvalue weighted by Crippen LogP contribution is -2.40. The lowest BCUT2D eigenvalue weighted by atomic mass is 10.0. The molecule has 0 saturated carbocycles. The number of ether oxygens (including phenoxy) is 2. The normalized spacial score (nSPS) is 11.7. The summed E-state index contributed by atoms with van der Waals surface area (Å²) in [6.07, 6.45) is 0. The molecule has 0 spiro atoms. The number of esters is 1. The van der Waals surface area contributed by atoms with E-state index in [0.29, 0.717) is 43.8 Å². The van der Waals surface area contributed by atoms with Crippen molar-refractivity contribution >= 4 is 5.97 Å². The highest BCUT2D eigenvalue weighted by Gasteiger charge is 2.32. The number of carbonyl (C=O) groups is 1. The molecule has 0 bridgehead atoms. The van der Waals surface area contributed by atoms with Gasteiger partial charge >= 0.3 is 5.97 Å². The van der Waals surface area contributed by atoms with Gasteiger partial charge in [0.05, 0.1) is 24.5 Å². The summed E-state index contributed by atoms with van der Waals surface area (Å²) >= 11 is 0. The van der Waals surface area contributed by atoms with E-state index in [9.17, 15) is 4.79 Å². The van der Waals surface area contributed by atoms with Crippen molar-refractivity contribution in [1.29, 1.82) is 0 Å². The molecule has 0 atom stereocenters. The molecule has 0 unspecified atom stereocenters. The molecule has 0 aliphatic carbocycles. The van der Waals surface area contributed by atoms with E-state index in [0.717, 1.165) is 33.8 Å². The van der Waals surface area contributed by atoms with Crippen LogP contribution < -0.4 is 4.74 Å². The minimum atomic E-state index is -1.10. The molecule has 0 aliphatic rings. The van der Waals surface area contributed by atoms with Crippen molar-refractivity contribution in [1.82, 2.24) is 30.1 Å². The minimum absolute atomic E-state index is 0.302. The molecule has 10 heteroatoms. The summed E-state index contributed by atoms with van der Waals surface area (Å²) in [5.41, 5.74) is 5.65. The fraction of sp³-hybridized carbons (Fsp3) is 0.433. The second-order valence-electron chi connectivity index (χ2n) is 10.6. The van der Waals surface area contributed by atoms with Gasteiger partial charge in [-0.15, -0.1) is 10.2 Å². The molecule has 212 valence electrons. The molecule has 0 fully saturated rings. The number of aromatic nitrogens is 5. The molecule has 40 heavy (non-hydrogen) atoms. The predicted octanol–water partition coefficient (Wildman–Crippen LogP) is 5.12. The van der Waals surface area contributed by atoms with Crippen molar-refractivity contribution in [3.05, 3.63) is 81.8 Å². The SMILES string of the molecule is CCOC(=O)C(C)(C)Oc1c(C)cc(CN(Cc2nnc(C)o2)Cc2nn(-c3ccc(C)cc3)nc2C)cc1C. The van der Waals surface area contributed by atoms with Gasteiger partial charge in [0.2, 0.25) is 11.8 Å². The third kappa shape index (κ3) is 6.93. The van der Waals surface area contributed by atoms with Crippen molar-refractivity contribution in [2.75, 3.05) is 6.61 Å². The Kier molecular flexibility index (Phi) is 8.68. The van der Waals surface area contributed by atoms with Gasteiger partial charge in [-0.2, -0.15) is 15.0 Å². The standard InChI is InChI=1S/C30H38N6O4/c1-9-38-29(37)30(7,8)40-28-20(3)14-24(15-21(28)4)16-35(18-27-32-31-23(6)39-27)17-26-22(5)33-36(34-26)25-12-10-19(2)11-13-25/h10-15H,9,16-18H2,1-8H3. The Bertz CT molecular complexity index is 1450. The molecule has 0 aliphatic heterocycles. The van der Waals surface area contributed by atoms with Crippen LogP contribution in [0.25, 0.3) is 5.69 Å². The van der Waals surface area contributed by atoms with Crippen molar-refractivity contribution in [2.45, 2.75) is 80.6 Å². The van der Waals surface area contributed by atoms with Gasteiger partial charge in [-0.05, 0) is 77.3 Å². The Hall–Kier alpha value is -4.05. The van der Waals surface area contributed by atoms with E-state index in [1.807, 2.05) is 45.0 Å². The largest absolute Gasteiger partial charge is 0.476 e. The molecular weight excluding hydrogens is 508 g/mol. The van der Waals surface area contributed by atoms with E-state index >= 15 is 0 Å². The average Bonchev–Trinajstić information content (AvgIpc) is 3.46. The van der Waals surface area contributed by atoms with Gasteiger partial charge in [-0.25, -0.2) is 4.79 Å². The zero-order valence-corrected chi connectivity index (χ0v) is 24.6. The highest BCUT2D eigenvalue weighted by Crippen LogP contribution is 2.30. The number of aryl methyl sites for hydroxylation is 5. The molecule has 2 aromatic carbocycles. The van der Waals surface area contributed by atoms with Crippen LogP contribution in [-0.2, 0) is 29.2 Å². The molecule has 4 aromatic rings. The Labute approximate surface area is 235 Å². The van der Waals surface area contributed by atoms with Gasteiger partial charge in [-0.1, -0.05) is 29.8 Å². The molecule has 0 amide bonds. The van der Waals surface area contributed by atoms with E-state index in [2.05, 4.69) is 39.3 Å². The van der Waals surface area contributed by atoms with E-state index in [1.165, 1.54) is 5.56 Å². The Morgan fingerprint density at radius 1 is 0.950 bits per heavy atom. The maximum Gasteiger partial charge on any atom is 0.349 e. The summed E-state index contributed by atoms with van der Waals surface area (Å²) in [6.45, 7) is 16.9. The van der Waals surface area contributed by atoms with Crippen LogP contribution in [0, 0.1) is 34.6 Å². The quantitative estimate of drug-likeness (QED) is 0.237. The first-order valence-electron chi connectivity index (χ1n) is 13.4. The molecule has 4 rings (SSSR count). The lowest BCUT2D eigenvalue weighted by molar-refractivity contribution is -0.158. The van der Waals surface area contributed by atoms with Gasteiger partial charge in [0, 0.05) is 20.0 Å². The molecular formula is C30H38N6O4. The zero-order chi connectivity index (χ0) is 29.0. The molecule has 0 saturated heterocycles. The first kappa shape index (κ1) is 28.9. The summed E-state index contributed by atoms with van der Waals surface area (Å²) < 4.78 is 17.0. The monoisotopic (exact) mass is 546 g/mol. The lowest BCUT2D eigenvalue weighted by Gasteiger charge is -2.27. The van der Waals surface area contributed by atoms with Crippen LogP contribution in [0.4, 0.5) is 0 Å². The number of rotatable bonds is 11. The highest BCUT2D eigenvalue weighted by atomic mass is 16.6. The Morgan fingerprint density at radius 2 is 1.62 bits per heavy atom. The second kappa shape index (κ2) is 12.0. The third-order valence-corrected chi connectivity index (χ3v) is 6.49. The second-order valence-corrected chi connectivity index (χ2v) is 10.6. The molecule has 0 N–H and O–H groups in total. The summed E-state index contributed by atoms with van der Waals surface area (Å²) in [5.74, 6) is 1.34. The molecule has 2 aromatic heterocycles. The zero-order valence-electron chi connectivity index (χ0n) is 24.6. The number of hydrogen-bond acceptors (Lipinski definition) is 9. The van der Waals surface area contributed by atoms with Gasteiger partial charge < -0.3 is 13.9 Å². The van der Waals surface area contributed by atoms with Crippen LogP contribution >= 0.6 is 0 Å². The summed E-state index contributed by atoms with van der Waals surface area (Å²) in [5, 5.41) is 17.7. The van der Waals surface area contributed by atoms with Crippen LogP contribution in [0.1, 0.15) is 66.2 Å². The third-order valence-electron chi connectivity index (χ3n) is 6.49. The van der Waals surface area contributed by atoms with Crippen LogP contribution in [-0.4, -0.2) is 48.3 Å². The van der Waals surface area contributed by atoms with Crippen LogP contribution in [0.5, 0.6) is 5.75 Å². The number of nitrogens with zero attached hydrogens (tertiary/aromatic N) is 6. The first-order valence-corrected chi connectivity index (χ1v) is 13.4. The van der Waals surface area contributed by atoms with Gasteiger partial charge in [0.1, 0.15) is 11.4 Å². The van der Waals surface area contributed by atoms with Crippen molar-refractivity contribution < 1.29 is 18.7 Å². The number of benzene rings is 2. The summed E-state index contributed by atoms with van der Waals surface area (Å²) in [4.78, 5) is 16.3. The Morgan fingerprint density at radius 3 is 2.23 bits per heavy atom. The van der Waals surface area contributed by atoms with Crippen molar-refractivity contribution in [2.24, 2.45) is 0 Å². The highest BCUT2D eigenvalue weighted by molar-refractivity contribution is 5.79. The smallest absolute Gasteiger partial charge is 0.349 e. The summed E-state index contributed by atoms with van der Waals surface area (Å²) in [6, 6.07) is 12.3. The number of carbonyl (C=O) groups excluding carboxylic acids is 1. The predicted molar refractivity (Wildman–Crippen MR) is 150 cm³/mol. The van der Waals surface area contributed by atoms with E-state index in [-0.39, 0.29) is 0 Å². The maximum atomic E-state index is 12.4. The van der Waals surface area contributed by atoms with Gasteiger partial charge in [-0.3, -0.25) is 4.90 Å². The average molecular weight is 547 g/mol. The van der Waals surface area contributed by atoms with Crippen LogP contribution in [0.2, 0.25) is 0 Å². The number of hydrogen-bond donors (Lipinski definition) is 0. The maximum absolute atomic E-state index is 12.4. The minimum Gasteiger partial charge on any atom is -0.476 e. The van der Waals surface area contributed by atoms with Gasteiger partial charge in [0.25, 0.3) is 0 Å². The van der Waals surface area contributed by atoms with E-state index in [4.69, 9.17) is 19.0 Å². The first-order chi connectivity index (χ1) is 18.9. The van der Waals surface area contributed by atoms with Crippen molar-refractivity contribution in [3.8, 4) is 11.4 Å². The molecule has 0 radical (unpaired) electrons. The van der Waals surface area contributed by atoms with Crippen LogP contribution in [0.15, 0.2) is 40.8 Å².